The topological polar surface area (TPSA) is 93.7 Å². The molecule has 1 aromatic rings. The average molecular weight is 390 g/mol. The molecule has 0 unspecified atom stereocenters. The molecule has 1 saturated carbocycles. The Morgan fingerprint density at radius 1 is 1.11 bits per heavy atom. The summed E-state index contributed by atoms with van der Waals surface area (Å²) in [5.74, 6) is -0.472. The molecule has 7 heteroatoms. The number of carbonyl (C=O) groups excluding carboxylic acids is 3. The monoisotopic (exact) mass is 390 g/mol. The minimum atomic E-state index is -0.842. The maximum absolute atomic E-state index is 12.7. The SMILES string of the molecule is COc1cccc(NC(=O)COC(=O)C2(CC(=O)NC(C)(C)C)CCCC2)c1. The van der Waals surface area contributed by atoms with Crippen LogP contribution in [0.1, 0.15) is 52.9 Å². The molecule has 0 saturated heterocycles. The van der Waals surface area contributed by atoms with Crippen molar-refractivity contribution in [3.63, 3.8) is 0 Å². The van der Waals surface area contributed by atoms with Crippen LogP contribution >= 0.6 is 0 Å². The van der Waals surface area contributed by atoms with E-state index in [-0.39, 0.29) is 17.9 Å². The molecule has 28 heavy (non-hydrogen) atoms. The van der Waals surface area contributed by atoms with E-state index in [1.54, 1.807) is 31.4 Å². The van der Waals surface area contributed by atoms with Gasteiger partial charge >= 0.3 is 5.97 Å². The summed E-state index contributed by atoms with van der Waals surface area (Å²) in [4.78, 5) is 37.2. The Labute approximate surface area is 166 Å². The molecule has 2 N–H and O–H groups in total. The van der Waals surface area contributed by atoms with E-state index in [1.165, 1.54) is 0 Å². The van der Waals surface area contributed by atoms with E-state index in [2.05, 4.69) is 10.6 Å². The number of amides is 2. The molecule has 0 spiro atoms. The lowest BCUT2D eigenvalue weighted by Crippen LogP contribution is -2.44. The van der Waals surface area contributed by atoms with Crippen LogP contribution in [0.4, 0.5) is 5.69 Å². The second-order valence-electron chi connectivity index (χ2n) is 8.32. The molecule has 0 radical (unpaired) electrons. The van der Waals surface area contributed by atoms with Gasteiger partial charge in [-0.2, -0.15) is 0 Å². The number of ether oxygens (including phenoxy) is 2. The first kappa shape index (κ1) is 21.7. The van der Waals surface area contributed by atoms with Crippen LogP contribution in [0.15, 0.2) is 24.3 Å². The van der Waals surface area contributed by atoms with E-state index in [4.69, 9.17) is 9.47 Å². The van der Waals surface area contributed by atoms with Gasteiger partial charge in [-0.05, 0) is 45.7 Å². The molecule has 1 aliphatic rings. The first-order valence-electron chi connectivity index (χ1n) is 9.56. The molecular weight excluding hydrogens is 360 g/mol. The fraction of sp³-hybridized carbons (Fsp3) is 0.571. The zero-order valence-corrected chi connectivity index (χ0v) is 17.1. The molecular formula is C21H30N2O5. The van der Waals surface area contributed by atoms with Crippen molar-refractivity contribution in [2.45, 2.75) is 58.4 Å². The number of benzene rings is 1. The number of anilines is 1. The smallest absolute Gasteiger partial charge is 0.313 e. The first-order valence-corrected chi connectivity index (χ1v) is 9.56. The van der Waals surface area contributed by atoms with Crippen LogP contribution in [0, 0.1) is 5.41 Å². The maximum Gasteiger partial charge on any atom is 0.313 e. The highest BCUT2D eigenvalue weighted by Crippen LogP contribution is 2.42. The first-order chi connectivity index (χ1) is 13.1. The summed E-state index contributed by atoms with van der Waals surface area (Å²) in [6.45, 7) is 5.30. The fourth-order valence-corrected chi connectivity index (χ4v) is 3.46. The van der Waals surface area contributed by atoms with Crippen molar-refractivity contribution in [3.05, 3.63) is 24.3 Å². The van der Waals surface area contributed by atoms with Gasteiger partial charge in [-0.3, -0.25) is 14.4 Å². The molecule has 1 fully saturated rings. The third-order valence-electron chi connectivity index (χ3n) is 4.69. The van der Waals surface area contributed by atoms with Gasteiger partial charge in [-0.1, -0.05) is 18.9 Å². The van der Waals surface area contributed by atoms with E-state index in [0.29, 0.717) is 24.3 Å². The van der Waals surface area contributed by atoms with Crippen LogP contribution in [-0.4, -0.2) is 37.0 Å². The number of hydrogen-bond donors (Lipinski definition) is 2. The van der Waals surface area contributed by atoms with E-state index in [9.17, 15) is 14.4 Å². The van der Waals surface area contributed by atoms with Crippen LogP contribution < -0.4 is 15.4 Å². The number of nitrogens with one attached hydrogen (secondary N) is 2. The molecule has 1 aromatic carbocycles. The van der Waals surface area contributed by atoms with Gasteiger partial charge in [0.1, 0.15) is 5.75 Å². The van der Waals surface area contributed by atoms with Gasteiger partial charge in [0.25, 0.3) is 5.91 Å². The molecule has 154 valence electrons. The van der Waals surface area contributed by atoms with Crippen LogP contribution in [0.5, 0.6) is 5.75 Å². The summed E-state index contributed by atoms with van der Waals surface area (Å²) in [7, 11) is 1.54. The molecule has 0 heterocycles. The Bertz CT molecular complexity index is 718. The van der Waals surface area contributed by atoms with Crippen molar-refractivity contribution in [2.24, 2.45) is 5.41 Å². The van der Waals surface area contributed by atoms with Gasteiger partial charge in [0.2, 0.25) is 5.91 Å². The minimum absolute atomic E-state index is 0.0839. The number of carbonyl (C=O) groups is 3. The van der Waals surface area contributed by atoms with Crippen molar-refractivity contribution in [1.82, 2.24) is 5.32 Å². The summed E-state index contributed by atoms with van der Waals surface area (Å²) in [6.07, 6.45) is 3.02. The van der Waals surface area contributed by atoms with E-state index in [0.717, 1.165) is 12.8 Å². The van der Waals surface area contributed by atoms with Crippen molar-refractivity contribution >= 4 is 23.5 Å². The van der Waals surface area contributed by atoms with Gasteiger partial charge in [-0.15, -0.1) is 0 Å². The molecule has 7 nitrogen and oxygen atoms in total. The predicted molar refractivity (Wildman–Crippen MR) is 106 cm³/mol. The predicted octanol–water partition coefficient (Wildman–Crippen LogP) is 3.04. The van der Waals surface area contributed by atoms with Crippen LogP contribution in [-0.2, 0) is 19.1 Å². The van der Waals surface area contributed by atoms with Gasteiger partial charge in [-0.25, -0.2) is 0 Å². The molecule has 1 aliphatic carbocycles. The van der Waals surface area contributed by atoms with Gasteiger partial charge in [0.15, 0.2) is 6.61 Å². The molecule has 2 rings (SSSR count). The minimum Gasteiger partial charge on any atom is -0.497 e. The number of esters is 1. The van der Waals surface area contributed by atoms with E-state index < -0.39 is 23.9 Å². The third-order valence-corrected chi connectivity index (χ3v) is 4.69. The summed E-state index contributed by atoms with van der Waals surface area (Å²) >= 11 is 0. The van der Waals surface area contributed by atoms with Gasteiger partial charge < -0.3 is 20.1 Å². The molecule has 0 aliphatic heterocycles. The second-order valence-corrected chi connectivity index (χ2v) is 8.32. The lowest BCUT2D eigenvalue weighted by Gasteiger charge is -2.28. The number of methoxy groups -OCH3 is 1. The standard InChI is InChI=1S/C21H30N2O5/c1-20(2,3)23-17(24)13-21(10-5-6-11-21)19(26)28-14-18(25)22-15-8-7-9-16(12-15)27-4/h7-9,12H,5-6,10-11,13-14H2,1-4H3,(H,22,25)(H,23,24). The van der Waals surface area contributed by atoms with E-state index in [1.807, 2.05) is 20.8 Å². The largest absolute Gasteiger partial charge is 0.497 e. The van der Waals surface area contributed by atoms with Crippen molar-refractivity contribution in [2.75, 3.05) is 19.0 Å². The molecule has 0 atom stereocenters. The fourth-order valence-electron chi connectivity index (χ4n) is 3.46. The highest BCUT2D eigenvalue weighted by atomic mass is 16.5. The second kappa shape index (κ2) is 9.08. The quantitative estimate of drug-likeness (QED) is 0.698. The Hall–Kier alpha value is -2.57. The number of hydrogen-bond acceptors (Lipinski definition) is 5. The van der Waals surface area contributed by atoms with Crippen LogP contribution in [0.3, 0.4) is 0 Å². The Kier molecular flexibility index (Phi) is 7.05. The molecule has 0 aromatic heterocycles. The highest BCUT2D eigenvalue weighted by molar-refractivity contribution is 5.94. The Morgan fingerprint density at radius 2 is 1.79 bits per heavy atom. The summed E-state index contributed by atoms with van der Waals surface area (Å²) < 4.78 is 10.4. The highest BCUT2D eigenvalue weighted by Gasteiger charge is 2.44. The van der Waals surface area contributed by atoms with Gasteiger partial charge in [0.05, 0.1) is 12.5 Å². The summed E-state index contributed by atoms with van der Waals surface area (Å²) in [5, 5.41) is 5.57. The van der Waals surface area contributed by atoms with E-state index >= 15 is 0 Å². The van der Waals surface area contributed by atoms with Crippen molar-refractivity contribution < 1.29 is 23.9 Å². The van der Waals surface area contributed by atoms with Crippen LogP contribution in [0.2, 0.25) is 0 Å². The summed E-state index contributed by atoms with van der Waals surface area (Å²) in [6, 6.07) is 6.91. The average Bonchev–Trinajstić information content (AvgIpc) is 3.07. The summed E-state index contributed by atoms with van der Waals surface area (Å²) in [5.41, 5.74) is -0.649. The zero-order chi connectivity index (χ0) is 20.8. The maximum atomic E-state index is 12.7. The Morgan fingerprint density at radius 3 is 2.39 bits per heavy atom. The molecule has 2 amide bonds. The number of rotatable bonds is 7. The van der Waals surface area contributed by atoms with Gasteiger partial charge in [0, 0.05) is 23.7 Å². The van der Waals surface area contributed by atoms with Crippen molar-refractivity contribution in [1.29, 1.82) is 0 Å². The Balaban J connectivity index is 1.92. The third kappa shape index (κ3) is 6.25. The van der Waals surface area contributed by atoms with Crippen molar-refractivity contribution in [3.8, 4) is 5.75 Å². The molecule has 0 bridgehead atoms. The zero-order valence-electron chi connectivity index (χ0n) is 17.1. The lowest BCUT2D eigenvalue weighted by molar-refractivity contribution is -0.160. The normalized spacial score (nSPS) is 15.6. The lowest BCUT2D eigenvalue weighted by atomic mass is 9.82. The van der Waals surface area contributed by atoms with Crippen LogP contribution in [0.25, 0.3) is 0 Å².